The summed E-state index contributed by atoms with van der Waals surface area (Å²) in [5, 5.41) is 0. The molecular formula is C21H29N5O2. The number of carbonyl (C=O) groups is 1. The first-order valence-corrected chi connectivity index (χ1v) is 9.70. The molecule has 3 heterocycles. The predicted molar refractivity (Wildman–Crippen MR) is 111 cm³/mol. The van der Waals surface area contributed by atoms with Gasteiger partial charge in [0.15, 0.2) is 0 Å². The van der Waals surface area contributed by atoms with E-state index in [9.17, 15) is 9.59 Å². The zero-order chi connectivity index (χ0) is 20.3. The van der Waals surface area contributed by atoms with E-state index in [1.807, 2.05) is 57.1 Å². The molecule has 1 unspecified atom stereocenters. The Bertz CT molecular complexity index is 870. The molecule has 0 radical (unpaired) electrons. The smallest absolute Gasteiger partial charge is 0.263 e. The van der Waals surface area contributed by atoms with Gasteiger partial charge in [0.2, 0.25) is 0 Å². The molecule has 1 fully saturated rings. The maximum atomic E-state index is 13.1. The molecule has 0 saturated carbocycles. The van der Waals surface area contributed by atoms with Crippen molar-refractivity contribution >= 4 is 11.7 Å². The van der Waals surface area contributed by atoms with Crippen LogP contribution in [0.5, 0.6) is 0 Å². The van der Waals surface area contributed by atoms with Crippen LogP contribution in [-0.4, -0.2) is 72.1 Å². The highest BCUT2D eigenvalue weighted by Gasteiger charge is 2.26. The first-order chi connectivity index (χ1) is 13.4. The Balaban J connectivity index is 1.77. The summed E-state index contributed by atoms with van der Waals surface area (Å²) in [5.74, 6) is 0.750. The Labute approximate surface area is 166 Å². The Hall–Kier alpha value is -2.67. The van der Waals surface area contributed by atoms with Crippen LogP contribution in [-0.2, 0) is 0 Å². The number of aromatic nitrogens is 2. The van der Waals surface area contributed by atoms with Gasteiger partial charge in [-0.15, -0.1) is 0 Å². The summed E-state index contributed by atoms with van der Waals surface area (Å²) in [6.45, 7) is 7.14. The lowest BCUT2D eigenvalue weighted by atomic mass is 10.1. The Morgan fingerprint density at radius 3 is 2.50 bits per heavy atom. The van der Waals surface area contributed by atoms with Crippen LogP contribution in [0.1, 0.15) is 28.9 Å². The van der Waals surface area contributed by atoms with Crippen LogP contribution in [0.25, 0.3) is 0 Å². The molecule has 1 saturated heterocycles. The molecule has 1 atom stereocenters. The summed E-state index contributed by atoms with van der Waals surface area (Å²) in [5.41, 5.74) is 0.821. The molecule has 0 spiro atoms. The maximum absolute atomic E-state index is 13.1. The largest absolute Gasteiger partial charge is 0.353 e. The molecule has 0 aliphatic carbocycles. The average molecular weight is 383 g/mol. The zero-order valence-corrected chi connectivity index (χ0v) is 17.1. The van der Waals surface area contributed by atoms with Gasteiger partial charge in [-0.2, -0.15) is 0 Å². The molecule has 1 aliphatic heterocycles. The van der Waals surface area contributed by atoms with Crippen LogP contribution in [0.15, 0.2) is 41.5 Å². The summed E-state index contributed by atoms with van der Waals surface area (Å²) in [7, 11) is 3.95. The minimum absolute atomic E-state index is 0.00403. The van der Waals surface area contributed by atoms with Crippen LogP contribution in [0.4, 0.5) is 5.82 Å². The molecule has 7 nitrogen and oxygen atoms in total. The molecule has 28 heavy (non-hydrogen) atoms. The molecule has 2 aromatic rings. The zero-order valence-electron chi connectivity index (χ0n) is 17.1. The Morgan fingerprint density at radius 2 is 1.89 bits per heavy atom. The number of pyridine rings is 2. The lowest BCUT2D eigenvalue weighted by molar-refractivity contribution is 0.0743. The first kappa shape index (κ1) is 20.1. The van der Waals surface area contributed by atoms with Gasteiger partial charge in [-0.05, 0) is 51.7 Å². The summed E-state index contributed by atoms with van der Waals surface area (Å²) in [6, 6.07) is 7.69. The van der Waals surface area contributed by atoms with E-state index in [4.69, 9.17) is 0 Å². The van der Waals surface area contributed by atoms with Gasteiger partial charge in [0.1, 0.15) is 11.4 Å². The molecule has 0 bridgehead atoms. The Morgan fingerprint density at radius 1 is 1.18 bits per heavy atom. The predicted octanol–water partition coefficient (Wildman–Crippen LogP) is 1.64. The van der Waals surface area contributed by atoms with Crippen LogP contribution >= 0.6 is 0 Å². The topological polar surface area (TPSA) is 61.7 Å². The SMILES string of the molecule is Cc1ccn(C(C)CN(C)C)c(=O)c1C(=O)N1CCN(c2ccccn2)CC1. The number of rotatable bonds is 5. The van der Waals surface area contributed by atoms with Gasteiger partial charge < -0.3 is 19.3 Å². The highest BCUT2D eigenvalue weighted by atomic mass is 16.2. The molecule has 3 rings (SSSR count). The molecule has 0 aromatic carbocycles. The standard InChI is InChI=1S/C21H29N5O2/c1-16-8-10-26(17(2)15-23(3)4)21(28)19(16)20(27)25-13-11-24(12-14-25)18-7-5-6-9-22-18/h5-10,17H,11-15H2,1-4H3. The number of piperazine rings is 1. The number of hydrogen-bond acceptors (Lipinski definition) is 5. The van der Waals surface area contributed by atoms with E-state index in [1.165, 1.54) is 0 Å². The quantitative estimate of drug-likeness (QED) is 0.786. The van der Waals surface area contributed by atoms with E-state index in [0.717, 1.165) is 17.9 Å². The number of anilines is 1. The minimum atomic E-state index is -0.202. The van der Waals surface area contributed by atoms with Crippen molar-refractivity contribution in [2.75, 3.05) is 51.7 Å². The second kappa shape index (κ2) is 8.56. The number of hydrogen-bond donors (Lipinski definition) is 0. The highest BCUT2D eigenvalue weighted by Crippen LogP contribution is 2.15. The number of amides is 1. The second-order valence-electron chi connectivity index (χ2n) is 7.66. The van der Waals surface area contributed by atoms with Crippen LogP contribution in [0.3, 0.4) is 0 Å². The van der Waals surface area contributed by atoms with E-state index in [2.05, 4.69) is 9.88 Å². The fraction of sp³-hybridized carbons (Fsp3) is 0.476. The van der Waals surface area contributed by atoms with Crippen LogP contribution < -0.4 is 10.5 Å². The van der Waals surface area contributed by atoms with Gasteiger partial charge in [0.05, 0.1) is 0 Å². The number of nitrogens with zero attached hydrogens (tertiary/aromatic N) is 5. The van der Waals surface area contributed by atoms with E-state index in [1.54, 1.807) is 21.9 Å². The number of aryl methyl sites for hydroxylation is 1. The molecule has 150 valence electrons. The fourth-order valence-electron chi connectivity index (χ4n) is 3.70. The van der Waals surface area contributed by atoms with Gasteiger partial charge in [-0.3, -0.25) is 9.59 Å². The third kappa shape index (κ3) is 4.25. The van der Waals surface area contributed by atoms with E-state index < -0.39 is 0 Å². The first-order valence-electron chi connectivity index (χ1n) is 9.70. The van der Waals surface area contributed by atoms with Gasteiger partial charge in [-0.25, -0.2) is 4.98 Å². The van der Waals surface area contributed by atoms with Crippen LogP contribution in [0, 0.1) is 6.92 Å². The molecule has 1 amide bonds. The lowest BCUT2D eigenvalue weighted by Crippen LogP contribution is -2.50. The van der Waals surface area contributed by atoms with E-state index in [-0.39, 0.29) is 17.5 Å². The second-order valence-corrected chi connectivity index (χ2v) is 7.66. The van der Waals surface area contributed by atoms with E-state index in [0.29, 0.717) is 31.7 Å². The third-order valence-electron chi connectivity index (χ3n) is 5.19. The molecular weight excluding hydrogens is 354 g/mol. The summed E-state index contributed by atoms with van der Waals surface area (Å²) in [6.07, 6.45) is 3.57. The summed E-state index contributed by atoms with van der Waals surface area (Å²) >= 11 is 0. The number of likely N-dealkylation sites (N-methyl/N-ethyl adjacent to an activating group) is 1. The highest BCUT2D eigenvalue weighted by molar-refractivity contribution is 5.95. The van der Waals surface area contributed by atoms with Crippen molar-refractivity contribution in [3.8, 4) is 0 Å². The van der Waals surface area contributed by atoms with Crippen LogP contribution in [0.2, 0.25) is 0 Å². The van der Waals surface area contributed by atoms with Crippen molar-refractivity contribution < 1.29 is 4.79 Å². The number of carbonyl (C=O) groups excluding carboxylic acids is 1. The summed E-state index contributed by atoms with van der Waals surface area (Å²) < 4.78 is 1.67. The minimum Gasteiger partial charge on any atom is -0.353 e. The van der Waals surface area contributed by atoms with Gasteiger partial charge in [0, 0.05) is 51.2 Å². The molecule has 7 heteroatoms. The molecule has 1 aliphatic rings. The van der Waals surface area contributed by atoms with Crippen molar-refractivity contribution in [3.05, 3.63) is 58.1 Å². The summed E-state index contributed by atoms with van der Waals surface area (Å²) in [4.78, 5) is 36.6. The van der Waals surface area contributed by atoms with Crippen molar-refractivity contribution in [2.45, 2.75) is 19.9 Å². The maximum Gasteiger partial charge on any atom is 0.263 e. The molecule has 2 aromatic heterocycles. The Kier molecular flexibility index (Phi) is 6.14. The monoisotopic (exact) mass is 383 g/mol. The van der Waals surface area contributed by atoms with E-state index >= 15 is 0 Å². The fourth-order valence-corrected chi connectivity index (χ4v) is 3.70. The van der Waals surface area contributed by atoms with Crippen molar-refractivity contribution in [1.82, 2.24) is 19.4 Å². The third-order valence-corrected chi connectivity index (χ3v) is 5.19. The normalized spacial score (nSPS) is 15.8. The van der Waals surface area contributed by atoms with Gasteiger partial charge in [0.25, 0.3) is 11.5 Å². The van der Waals surface area contributed by atoms with Crippen molar-refractivity contribution in [2.24, 2.45) is 0 Å². The van der Waals surface area contributed by atoms with Gasteiger partial charge >= 0.3 is 0 Å². The lowest BCUT2D eigenvalue weighted by Gasteiger charge is -2.35. The van der Waals surface area contributed by atoms with Crippen molar-refractivity contribution in [1.29, 1.82) is 0 Å². The van der Waals surface area contributed by atoms with Gasteiger partial charge in [-0.1, -0.05) is 6.07 Å². The van der Waals surface area contributed by atoms with Crippen molar-refractivity contribution in [3.63, 3.8) is 0 Å². The molecule has 0 N–H and O–H groups in total. The average Bonchev–Trinajstić information content (AvgIpc) is 2.68.